The minimum absolute atomic E-state index is 0.0747. The summed E-state index contributed by atoms with van der Waals surface area (Å²) >= 11 is 0. The number of hydrogen-bond acceptors (Lipinski definition) is 2. The lowest BCUT2D eigenvalue weighted by Gasteiger charge is -2.24. The number of aromatic nitrogens is 1. The van der Waals surface area contributed by atoms with E-state index in [0.29, 0.717) is 5.69 Å². The lowest BCUT2D eigenvalue weighted by Crippen LogP contribution is -2.39. The van der Waals surface area contributed by atoms with Crippen molar-refractivity contribution >= 4 is 22.8 Å². The lowest BCUT2D eigenvalue weighted by atomic mass is 10.1. The van der Waals surface area contributed by atoms with Gasteiger partial charge in [0.05, 0.1) is 5.92 Å². The molecular formula is C17H20N2O3. The Morgan fingerprint density at radius 1 is 1.36 bits per heavy atom. The van der Waals surface area contributed by atoms with Gasteiger partial charge < -0.3 is 14.6 Å². The number of nitrogens with zero attached hydrogens (tertiary/aromatic N) is 2. The van der Waals surface area contributed by atoms with Crippen LogP contribution in [0.1, 0.15) is 30.3 Å². The molecule has 1 aromatic heterocycles. The molecule has 0 radical (unpaired) electrons. The van der Waals surface area contributed by atoms with Crippen LogP contribution >= 0.6 is 0 Å². The van der Waals surface area contributed by atoms with Gasteiger partial charge in [0.25, 0.3) is 5.91 Å². The number of para-hydroxylation sites is 1. The number of carbonyl (C=O) groups excluding carboxylic acids is 1. The first-order valence-electron chi connectivity index (χ1n) is 7.57. The van der Waals surface area contributed by atoms with E-state index in [1.54, 1.807) is 11.8 Å². The molecule has 5 nitrogen and oxygen atoms in total. The molecule has 0 saturated heterocycles. The zero-order valence-corrected chi connectivity index (χ0v) is 12.8. The number of benzene rings is 1. The van der Waals surface area contributed by atoms with E-state index in [1.807, 2.05) is 41.9 Å². The molecule has 0 bridgehead atoms. The van der Waals surface area contributed by atoms with Crippen LogP contribution in [0.2, 0.25) is 0 Å². The van der Waals surface area contributed by atoms with E-state index >= 15 is 0 Å². The number of hydrogen-bond donors (Lipinski definition) is 1. The molecule has 22 heavy (non-hydrogen) atoms. The minimum atomic E-state index is -0.865. The molecule has 1 aliphatic carbocycles. The minimum Gasteiger partial charge on any atom is -0.481 e. The van der Waals surface area contributed by atoms with Gasteiger partial charge >= 0.3 is 5.97 Å². The summed E-state index contributed by atoms with van der Waals surface area (Å²) < 4.78 is 1.89. The first kappa shape index (κ1) is 14.6. The highest BCUT2D eigenvalue weighted by Gasteiger charge is 2.35. The average Bonchev–Trinajstić information content (AvgIpc) is 3.28. The fraction of sp³-hybridized carbons (Fsp3) is 0.412. The van der Waals surface area contributed by atoms with Crippen molar-refractivity contribution in [1.29, 1.82) is 0 Å². The second-order valence-electron chi connectivity index (χ2n) is 6.08. The molecule has 3 rings (SSSR count). The van der Waals surface area contributed by atoms with E-state index in [9.17, 15) is 9.59 Å². The molecule has 1 amide bonds. The van der Waals surface area contributed by atoms with Crippen molar-refractivity contribution in [3.05, 3.63) is 36.0 Å². The Labute approximate surface area is 129 Å². The average molecular weight is 300 g/mol. The fourth-order valence-corrected chi connectivity index (χ4v) is 2.80. The van der Waals surface area contributed by atoms with E-state index in [4.69, 9.17) is 5.11 Å². The molecule has 1 atom stereocenters. The SMILES string of the molecule is C[C@H](CN(C(=O)c1cc2ccccc2n1C)C1CC1)C(=O)O. The predicted molar refractivity (Wildman–Crippen MR) is 83.8 cm³/mol. The van der Waals surface area contributed by atoms with Crippen molar-refractivity contribution < 1.29 is 14.7 Å². The summed E-state index contributed by atoms with van der Waals surface area (Å²) in [5, 5.41) is 10.1. The number of amides is 1. The topological polar surface area (TPSA) is 62.5 Å². The normalized spacial score (nSPS) is 15.7. The third-order valence-electron chi connectivity index (χ3n) is 4.31. The van der Waals surface area contributed by atoms with Gasteiger partial charge in [-0.15, -0.1) is 0 Å². The molecule has 1 N–H and O–H groups in total. The molecular weight excluding hydrogens is 280 g/mol. The first-order valence-corrected chi connectivity index (χ1v) is 7.57. The fourth-order valence-electron chi connectivity index (χ4n) is 2.80. The van der Waals surface area contributed by atoms with E-state index < -0.39 is 11.9 Å². The maximum Gasteiger partial charge on any atom is 0.308 e. The van der Waals surface area contributed by atoms with Crippen LogP contribution in [0.4, 0.5) is 0 Å². The van der Waals surface area contributed by atoms with Crippen LogP contribution in [0.25, 0.3) is 10.9 Å². The molecule has 1 fully saturated rings. The summed E-state index contributed by atoms with van der Waals surface area (Å²) in [6.07, 6.45) is 1.92. The first-order chi connectivity index (χ1) is 10.5. The Kier molecular flexibility index (Phi) is 3.64. The van der Waals surface area contributed by atoms with Crippen molar-refractivity contribution in [2.75, 3.05) is 6.54 Å². The van der Waals surface area contributed by atoms with Crippen molar-refractivity contribution in [2.45, 2.75) is 25.8 Å². The van der Waals surface area contributed by atoms with Gasteiger partial charge in [-0.05, 0) is 25.0 Å². The Hall–Kier alpha value is -2.30. The summed E-state index contributed by atoms with van der Waals surface area (Å²) in [4.78, 5) is 25.7. The second kappa shape index (κ2) is 5.48. The quantitative estimate of drug-likeness (QED) is 0.923. The number of aryl methyl sites for hydroxylation is 1. The van der Waals surface area contributed by atoms with Gasteiger partial charge in [0.15, 0.2) is 0 Å². The van der Waals surface area contributed by atoms with E-state index in [1.165, 1.54) is 0 Å². The highest BCUT2D eigenvalue weighted by atomic mass is 16.4. The van der Waals surface area contributed by atoms with Crippen molar-refractivity contribution in [2.24, 2.45) is 13.0 Å². The van der Waals surface area contributed by atoms with Crippen molar-refractivity contribution in [3.63, 3.8) is 0 Å². The van der Waals surface area contributed by atoms with E-state index in [2.05, 4.69) is 0 Å². The van der Waals surface area contributed by atoms with Gasteiger partial charge in [-0.1, -0.05) is 25.1 Å². The number of rotatable bonds is 5. The molecule has 1 saturated carbocycles. The van der Waals surface area contributed by atoms with Crippen LogP contribution in [-0.4, -0.2) is 39.0 Å². The number of aliphatic carboxylic acids is 1. The Morgan fingerprint density at radius 3 is 2.64 bits per heavy atom. The Balaban J connectivity index is 1.92. The van der Waals surface area contributed by atoms with Crippen LogP contribution in [-0.2, 0) is 11.8 Å². The van der Waals surface area contributed by atoms with Gasteiger partial charge in [-0.2, -0.15) is 0 Å². The zero-order chi connectivity index (χ0) is 15.9. The molecule has 0 unspecified atom stereocenters. The maximum absolute atomic E-state index is 12.9. The monoisotopic (exact) mass is 300 g/mol. The molecule has 1 aromatic carbocycles. The van der Waals surface area contributed by atoms with Gasteiger partial charge in [0.2, 0.25) is 0 Å². The molecule has 2 aromatic rings. The van der Waals surface area contributed by atoms with Crippen LogP contribution in [0.5, 0.6) is 0 Å². The van der Waals surface area contributed by atoms with E-state index in [0.717, 1.165) is 23.7 Å². The predicted octanol–water partition coefficient (Wildman–Crippen LogP) is 2.50. The molecule has 1 heterocycles. The van der Waals surface area contributed by atoms with Gasteiger partial charge in [0, 0.05) is 30.5 Å². The summed E-state index contributed by atoms with van der Waals surface area (Å²) in [6.45, 7) is 1.91. The van der Waals surface area contributed by atoms with Crippen LogP contribution in [0, 0.1) is 5.92 Å². The van der Waals surface area contributed by atoms with Crippen LogP contribution < -0.4 is 0 Å². The van der Waals surface area contributed by atoms with Gasteiger partial charge in [0.1, 0.15) is 5.69 Å². The zero-order valence-electron chi connectivity index (χ0n) is 12.8. The van der Waals surface area contributed by atoms with Crippen LogP contribution in [0.3, 0.4) is 0 Å². The summed E-state index contributed by atoms with van der Waals surface area (Å²) in [6, 6.07) is 9.93. The number of fused-ring (bicyclic) bond motifs is 1. The smallest absolute Gasteiger partial charge is 0.308 e. The van der Waals surface area contributed by atoms with Crippen molar-refractivity contribution in [1.82, 2.24) is 9.47 Å². The standard InChI is InChI=1S/C17H20N2O3/c1-11(17(21)22)10-19(13-7-8-13)16(20)15-9-12-5-3-4-6-14(12)18(15)2/h3-6,9,11,13H,7-8,10H2,1-2H3,(H,21,22)/t11-/m1/s1. The number of carboxylic acids is 1. The highest BCUT2D eigenvalue weighted by molar-refractivity contribution is 5.99. The molecule has 116 valence electrons. The Morgan fingerprint density at radius 2 is 2.05 bits per heavy atom. The molecule has 0 spiro atoms. The largest absolute Gasteiger partial charge is 0.481 e. The molecule has 1 aliphatic rings. The van der Waals surface area contributed by atoms with Gasteiger partial charge in [-0.25, -0.2) is 0 Å². The Bertz CT molecular complexity index is 731. The third-order valence-corrected chi connectivity index (χ3v) is 4.31. The summed E-state index contributed by atoms with van der Waals surface area (Å²) in [5.41, 5.74) is 1.62. The number of carbonyl (C=O) groups is 2. The molecule has 5 heteroatoms. The maximum atomic E-state index is 12.9. The van der Waals surface area contributed by atoms with Crippen LogP contribution in [0.15, 0.2) is 30.3 Å². The molecule has 0 aliphatic heterocycles. The highest BCUT2D eigenvalue weighted by Crippen LogP contribution is 2.30. The summed E-state index contributed by atoms with van der Waals surface area (Å²) in [7, 11) is 1.88. The van der Waals surface area contributed by atoms with Gasteiger partial charge in [-0.3, -0.25) is 9.59 Å². The van der Waals surface area contributed by atoms with E-state index in [-0.39, 0.29) is 18.5 Å². The lowest BCUT2D eigenvalue weighted by molar-refractivity contribution is -0.141. The second-order valence-corrected chi connectivity index (χ2v) is 6.08. The number of carboxylic acid groups (broad SMARTS) is 1. The van der Waals surface area contributed by atoms with Crippen molar-refractivity contribution in [3.8, 4) is 0 Å². The summed E-state index contributed by atoms with van der Waals surface area (Å²) in [5.74, 6) is -1.50. The third kappa shape index (κ3) is 2.58.